The molecule has 3 aromatic rings. The third-order valence-corrected chi connectivity index (χ3v) is 4.25. The van der Waals surface area contributed by atoms with Crippen LogP contribution in [0.5, 0.6) is 0 Å². The van der Waals surface area contributed by atoms with Crippen molar-refractivity contribution in [2.24, 2.45) is 0 Å². The van der Waals surface area contributed by atoms with E-state index in [1.54, 1.807) is 24.4 Å². The van der Waals surface area contributed by atoms with E-state index < -0.39 is 11.5 Å². The zero-order valence-corrected chi connectivity index (χ0v) is 13.2. The molecule has 0 unspecified atom stereocenters. The Morgan fingerprint density at radius 2 is 1.96 bits per heavy atom. The van der Waals surface area contributed by atoms with Crippen molar-refractivity contribution in [3.8, 4) is 0 Å². The van der Waals surface area contributed by atoms with Gasteiger partial charge in [0.2, 0.25) is 0 Å². The Bertz CT molecular complexity index is 1070. The minimum atomic E-state index is -0.583. The van der Waals surface area contributed by atoms with Gasteiger partial charge in [-0.1, -0.05) is 6.07 Å². The summed E-state index contributed by atoms with van der Waals surface area (Å²) in [4.78, 5) is 47.9. The lowest BCUT2D eigenvalue weighted by Gasteiger charge is -2.15. The molecule has 124 valence electrons. The molecule has 2 heterocycles. The van der Waals surface area contributed by atoms with Crippen LogP contribution in [0.1, 0.15) is 39.3 Å². The molecule has 1 aromatic carbocycles. The number of nitrogens with one attached hydrogen (secondary N) is 2. The first kappa shape index (κ1) is 15.2. The molecule has 25 heavy (non-hydrogen) atoms. The SMILES string of the molecule is O=C1CCCc2[nH]c(=O)c(C(=O)Nc3cccc4nccnc34)cc21. The highest BCUT2D eigenvalue weighted by atomic mass is 16.2. The first-order chi connectivity index (χ1) is 12.1. The van der Waals surface area contributed by atoms with Gasteiger partial charge in [0, 0.05) is 30.1 Å². The summed E-state index contributed by atoms with van der Waals surface area (Å²) < 4.78 is 0. The van der Waals surface area contributed by atoms with Crippen LogP contribution < -0.4 is 10.9 Å². The summed E-state index contributed by atoms with van der Waals surface area (Å²) in [6, 6.07) is 6.60. The number of fused-ring (bicyclic) bond motifs is 2. The number of pyridine rings is 1. The number of carbonyl (C=O) groups is 2. The first-order valence-electron chi connectivity index (χ1n) is 7.94. The molecule has 1 aliphatic carbocycles. The molecule has 7 nitrogen and oxygen atoms in total. The minimum absolute atomic E-state index is 0.0532. The van der Waals surface area contributed by atoms with Crippen LogP contribution in [0.25, 0.3) is 11.0 Å². The monoisotopic (exact) mass is 334 g/mol. The molecular weight excluding hydrogens is 320 g/mol. The highest BCUT2D eigenvalue weighted by molar-refractivity contribution is 6.09. The van der Waals surface area contributed by atoms with Crippen LogP contribution in [0.15, 0.2) is 41.5 Å². The standard InChI is InChI=1S/C18H14N4O3/c23-15-6-2-3-12-10(15)9-11(17(24)21-12)18(25)22-14-5-1-4-13-16(14)20-8-7-19-13/h1,4-5,7-9H,2-3,6H2,(H,21,24)(H,22,25). The number of benzene rings is 1. The van der Waals surface area contributed by atoms with Gasteiger partial charge in [-0.3, -0.25) is 24.4 Å². The van der Waals surface area contributed by atoms with E-state index in [1.807, 2.05) is 0 Å². The van der Waals surface area contributed by atoms with Gasteiger partial charge >= 0.3 is 0 Å². The Labute approximate surface area is 142 Å². The van der Waals surface area contributed by atoms with Crippen molar-refractivity contribution in [3.05, 3.63) is 63.8 Å². The van der Waals surface area contributed by atoms with E-state index in [0.717, 1.165) is 0 Å². The smallest absolute Gasteiger partial charge is 0.261 e. The van der Waals surface area contributed by atoms with Crippen LogP contribution >= 0.6 is 0 Å². The van der Waals surface area contributed by atoms with Gasteiger partial charge in [0.25, 0.3) is 11.5 Å². The minimum Gasteiger partial charge on any atom is -0.325 e. The Hall–Kier alpha value is -3.35. The molecule has 0 bridgehead atoms. The maximum absolute atomic E-state index is 12.6. The van der Waals surface area contributed by atoms with E-state index in [2.05, 4.69) is 20.3 Å². The fourth-order valence-corrected chi connectivity index (χ4v) is 3.03. The Kier molecular flexibility index (Phi) is 3.61. The van der Waals surface area contributed by atoms with Crippen LogP contribution in [-0.4, -0.2) is 26.6 Å². The van der Waals surface area contributed by atoms with Crippen LogP contribution in [0.2, 0.25) is 0 Å². The number of amides is 1. The van der Waals surface area contributed by atoms with Gasteiger partial charge in [-0.05, 0) is 31.0 Å². The second-order valence-corrected chi connectivity index (χ2v) is 5.86. The number of hydrogen-bond acceptors (Lipinski definition) is 5. The van der Waals surface area contributed by atoms with Crippen molar-refractivity contribution in [2.45, 2.75) is 19.3 Å². The van der Waals surface area contributed by atoms with E-state index in [4.69, 9.17) is 0 Å². The second-order valence-electron chi connectivity index (χ2n) is 5.86. The number of aromatic nitrogens is 3. The number of carbonyl (C=O) groups excluding carboxylic acids is 2. The van der Waals surface area contributed by atoms with Crippen LogP contribution in [-0.2, 0) is 6.42 Å². The fourth-order valence-electron chi connectivity index (χ4n) is 3.03. The lowest BCUT2D eigenvalue weighted by Crippen LogP contribution is -2.27. The zero-order valence-electron chi connectivity index (χ0n) is 13.2. The predicted octanol–water partition coefficient (Wildman–Crippen LogP) is 2.09. The summed E-state index contributed by atoms with van der Waals surface area (Å²) in [5, 5.41) is 2.69. The third-order valence-electron chi connectivity index (χ3n) is 4.25. The van der Waals surface area contributed by atoms with Crippen molar-refractivity contribution in [1.82, 2.24) is 15.0 Å². The largest absolute Gasteiger partial charge is 0.325 e. The summed E-state index contributed by atoms with van der Waals surface area (Å²) in [6.45, 7) is 0. The summed E-state index contributed by atoms with van der Waals surface area (Å²) in [5.74, 6) is -0.636. The molecule has 0 saturated carbocycles. The maximum atomic E-state index is 12.6. The average molecular weight is 334 g/mol. The van der Waals surface area contributed by atoms with Crippen LogP contribution in [0.4, 0.5) is 5.69 Å². The summed E-state index contributed by atoms with van der Waals surface area (Å²) in [7, 11) is 0. The van der Waals surface area contributed by atoms with E-state index in [0.29, 0.717) is 47.2 Å². The normalized spacial score (nSPS) is 13.5. The number of aromatic amines is 1. The molecule has 0 atom stereocenters. The molecule has 0 saturated heterocycles. The van der Waals surface area contributed by atoms with E-state index >= 15 is 0 Å². The van der Waals surface area contributed by atoms with Gasteiger partial charge in [-0.2, -0.15) is 0 Å². The summed E-state index contributed by atoms with van der Waals surface area (Å²) in [6.07, 6.45) is 4.87. The Balaban J connectivity index is 1.73. The van der Waals surface area contributed by atoms with Gasteiger partial charge in [0.1, 0.15) is 11.1 Å². The molecule has 4 rings (SSSR count). The molecule has 0 radical (unpaired) electrons. The van der Waals surface area contributed by atoms with Crippen LogP contribution in [0, 0.1) is 0 Å². The van der Waals surface area contributed by atoms with Crippen molar-refractivity contribution in [1.29, 1.82) is 0 Å². The van der Waals surface area contributed by atoms with Crippen LogP contribution in [0.3, 0.4) is 0 Å². The predicted molar refractivity (Wildman–Crippen MR) is 91.8 cm³/mol. The van der Waals surface area contributed by atoms with E-state index in [9.17, 15) is 14.4 Å². The second kappa shape index (κ2) is 5.94. The number of anilines is 1. The summed E-state index contributed by atoms with van der Waals surface area (Å²) in [5.41, 5.74) is 2.06. The van der Waals surface area contributed by atoms with Gasteiger partial charge in [0.05, 0.1) is 11.2 Å². The number of para-hydroxylation sites is 1. The third kappa shape index (κ3) is 2.69. The lowest BCUT2D eigenvalue weighted by molar-refractivity contribution is 0.0971. The van der Waals surface area contributed by atoms with Crippen molar-refractivity contribution >= 4 is 28.4 Å². The first-order valence-corrected chi connectivity index (χ1v) is 7.94. The maximum Gasteiger partial charge on any atom is 0.261 e. The van der Waals surface area contributed by atoms with Gasteiger partial charge < -0.3 is 10.3 Å². The molecule has 0 aliphatic heterocycles. The Morgan fingerprint density at radius 3 is 2.84 bits per heavy atom. The van der Waals surface area contributed by atoms with Crippen molar-refractivity contribution in [3.63, 3.8) is 0 Å². The Morgan fingerprint density at radius 1 is 1.12 bits per heavy atom. The molecule has 1 amide bonds. The molecule has 1 aliphatic rings. The van der Waals surface area contributed by atoms with Crippen molar-refractivity contribution < 1.29 is 9.59 Å². The quantitative estimate of drug-likeness (QED) is 0.746. The number of Topliss-reactive ketones (excluding diaryl/α,β-unsaturated/α-hetero) is 1. The number of rotatable bonds is 2. The number of ketones is 1. The lowest BCUT2D eigenvalue weighted by atomic mass is 9.93. The number of aryl methyl sites for hydroxylation is 1. The number of hydrogen-bond donors (Lipinski definition) is 2. The molecule has 2 aromatic heterocycles. The molecule has 0 spiro atoms. The number of H-pyrrole nitrogens is 1. The molecule has 2 N–H and O–H groups in total. The highest BCUT2D eigenvalue weighted by Gasteiger charge is 2.22. The molecular formula is C18H14N4O3. The molecule has 0 fully saturated rings. The van der Waals surface area contributed by atoms with Gasteiger partial charge in [0.15, 0.2) is 5.78 Å². The summed E-state index contributed by atoms with van der Waals surface area (Å²) >= 11 is 0. The zero-order chi connectivity index (χ0) is 17.4. The van der Waals surface area contributed by atoms with Gasteiger partial charge in [-0.15, -0.1) is 0 Å². The molecule has 7 heteroatoms. The van der Waals surface area contributed by atoms with E-state index in [1.165, 1.54) is 12.3 Å². The van der Waals surface area contributed by atoms with E-state index in [-0.39, 0.29) is 11.3 Å². The average Bonchev–Trinajstić information content (AvgIpc) is 2.62. The van der Waals surface area contributed by atoms with Gasteiger partial charge in [-0.25, -0.2) is 0 Å². The fraction of sp³-hybridized carbons (Fsp3) is 0.167. The topological polar surface area (TPSA) is 105 Å². The van der Waals surface area contributed by atoms with Crippen molar-refractivity contribution in [2.75, 3.05) is 5.32 Å². The highest BCUT2D eigenvalue weighted by Crippen LogP contribution is 2.21. The number of nitrogens with zero attached hydrogens (tertiary/aromatic N) is 2.